The molecule has 2 aromatic carbocycles. The van der Waals surface area contributed by atoms with Crippen molar-refractivity contribution >= 4 is 22.9 Å². The van der Waals surface area contributed by atoms with Crippen LogP contribution in [0.15, 0.2) is 70.8 Å². The average molecular weight is 476 g/mol. The van der Waals surface area contributed by atoms with Crippen LogP contribution in [0.1, 0.15) is 35.7 Å². The average Bonchev–Trinajstić information content (AvgIpc) is 2.89. The second-order valence-corrected chi connectivity index (χ2v) is 8.60. The minimum absolute atomic E-state index is 0.0894. The van der Waals surface area contributed by atoms with E-state index in [1.165, 1.54) is 9.13 Å². The molecule has 0 saturated carbocycles. The summed E-state index contributed by atoms with van der Waals surface area (Å²) in [6.45, 7) is 7.30. The highest BCUT2D eigenvalue weighted by Gasteiger charge is 2.28. The maximum atomic E-state index is 12.9. The number of aromatic nitrogens is 2. The summed E-state index contributed by atoms with van der Waals surface area (Å²) in [5.74, 6) is -0.436. The van der Waals surface area contributed by atoms with E-state index in [1.54, 1.807) is 42.2 Å². The van der Waals surface area contributed by atoms with Crippen LogP contribution in [0.25, 0.3) is 11.0 Å². The fourth-order valence-corrected chi connectivity index (χ4v) is 4.53. The number of para-hydroxylation sites is 2. The standard InChI is InChI=1S/C27H29N3O5/c1-3-15-29-22-7-5-6-8-23(22)30(26(33)25(29)32)18-19-9-11-20(12-10-19)24(31)28-16-13-21(14-17-28)27(34)35-4-2/h3,5-12,21H,1,4,13-18H2,2H3. The highest BCUT2D eigenvalue weighted by atomic mass is 16.5. The lowest BCUT2D eigenvalue weighted by Crippen LogP contribution is -2.41. The zero-order valence-corrected chi connectivity index (χ0v) is 19.8. The second kappa shape index (κ2) is 10.5. The monoisotopic (exact) mass is 475 g/mol. The Bertz CT molecular complexity index is 1360. The summed E-state index contributed by atoms with van der Waals surface area (Å²) in [6.07, 6.45) is 2.78. The molecule has 1 aliphatic heterocycles. The predicted octanol–water partition coefficient (Wildman–Crippen LogP) is 2.81. The van der Waals surface area contributed by atoms with Crippen LogP contribution in [0.2, 0.25) is 0 Å². The summed E-state index contributed by atoms with van der Waals surface area (Å²) in [5.41, 5.74) is 1.47. The van der Waals surface area contributed by atoms with E-state index in [4.69, 9.17) is 4.74 Å². The Morgan fingerprint density at radius 3 is 2.17 bits per heavy atom. The summed E-state index contributed by atoms with van der Waals surface area (Å²) >= 11 is 0. The summed E-state index contributed by atoms with van der Waals surface area (Å²) in [5, 5.41) is 0. The molecule has 8 nitrogen and oxygen atoms in total. The Balaban J connectivity index is 1.51. The number of likely N-dealkylation sites (tertiary alicyclic amines) is 1. The van der Waals surface area contributed by atoms with Gasteiger partial charge in [-0.05, 0) is 49.6 Å². The molecule has 0 aliphatic carbocycles. The largest absolute Gasteiger partial charge is 0.466 e. The highest BCUT2D eigenvalue weighted by Crippen LogP contribution is 2.21. The summed E-state index contributed by atoms with van der Waals surface area (Å²) in [7, 11) is 0. The number of carbonyl (C=O) groups excluding carboxylic acids is 2. The number of carbonyl (C=O) groups is 2. The molecular formula is C27H29N3O5. The van der Waals surface area contributed by atoms with Gasteiger partial charge in [0.2, 0.25) is 0 Å². The molecule has 1 aromatic heterocycles. The normalized spacial score (nSPS) is 14.1. The third kappa shape index (κ3) is 4.96. The number of hydrogen-bond acceptors (Lipinski definition) is 5. The van der Waals surface area contributed by atoms with Crippen LogP contribution in [-0.4, -0.2) is 45.6 Å². The van der Waals surface area contributed by atoms with Gasteiger partial charge in [-0.15, -0.1) is 6.58 Å². The second-order valence-electron chi connectivity index (χ2n) is 8.60. The summed E-state index contributed by atoms with van der Waals surface area (Å²) in [6, 6.07) is 14.4. The molecule has 182 valence electrons. The molecule has 0 unspecified atom stereocenters. The topological polar surface area (TPSA) is 90.6 Å². The molecule has 0 bridgehead atoms. The Morgan fingerprint density at radius 2 is 1.57 bits per heavy atom. The molecule has 3 aromatic rings. The van der Waals surface area contributed by atoms with Gasteiger partial charge in [0.1, 0.15) is 0 Å². The molecule has 1 amide bonds. The summed E-state index contributed by atoms with van der Waals surface area (Å²) < 4.78 is 7.98. The van der Waals surface area contributed by atoms with Crippen molar-refractivity contribution in [3.8, 4) is 0 Å². The predicted molar refractivity (Wildman–Crippen MR) is 133 cm³/mol. The van der Waals surface area contributed by atoms with Gasteiger partial charge in [-0.3, -0.25) is 28.3 Å². The first kappa shape index (κ1) is 24.2. The van der Waals surface area contributed by atoms with Crippen LogP contribution in [0.3, 0.4) is 0 Å². The van der Waals surface area contributed by atoms with Crippen molar-refractivity contribution in [2.24, 2.45) is 5.92 Å². The number of nitrogens with zero attached hydrogens (tertiary/aromatic N) is 3. The van der Waals surface area contributed by atoms with Gasteiger partial charge < -0.3 is 9.64 Å². The van der Waals surface area contributed by atoms with Crippen molar-refractivity contribution in [1.29, 1.82) is 0 Å². The van der Waals surface area contributed by atoms with Gasteiger partial charge in [-0.2, -0.15) is 0 Å². The number of ether oxygens (including phenoxy) is 1. The number of fused-ring (bicyclic) bond motifs is 1. The van der Waals surface area contributed by atoms with E-state index >= 15 is 0 Å². The van der Waals surface area contributed by atoms with E-state index in [-0.39, 0.29) is 30.9 Å². The number of benzene rings is 2. The molecule has 8 heteroatoms. The van der Waals surface area contributed by atoms with Gasteiger partial charge in [-0.1, -0.05) is 30.3 Å². The van der Waals surface area contributed by atoms with Gasteiger partial charge in [0.15, 0.2) is 0 Å². The van der Waals surface area contributed by atoms with E-state index < -0.39 is 11.1 Å². The van der Waals surface area contributed by atoms with Crippen molar-refractivity contribution < 1.29 is 14.3 Å². The molecular weight excluding hydrogens is 446 g/mol. The first-order valence-corrected chi connectivity index (χ1v) is 11.8. The number of hydrogen-bond donors (Lipinski definition) is 0. The number of esters is 1. The van der Waals surface area contributed by atoms with Crippen LogP contribution >= 0.6 is 0 Å². The maximum absolute atomic E-state index is 12.9. The maximum Gasteiger partial charge on any atom is 0.317 e. The lowest BCUT2D eigenvalue weighted by atomic mass is 9.96. The van der Waals surface area contributed by atoms with Gasteiger partial charge >= 0.3 is 17.1 Å². The molecule has 1 fully saturated rings. The molecule has 0 spiro atoms. The highest BCUT2D eigenvalue weighted by molar-refractivity contribution is 5.94. The van der Waals surface area contributed by atoms with Crippen LogP contribution in [0.4, 0.5) is 0 Å². The Hall–Kier alpha value is -3.94. The zero-order chi connectivity index (χ0) is 24.9. The van der Waals surface area contributed by atoms with Crippen molar-refractivity contribution in [2.45, 2.75) is 32.9 Å². The summed E-state index contributed by atoms with van der Waals surface area (Å²) in [4.78, 5) is 52.2. The smallest absolute Gasteiger partial charge is 0.317 e. The molecule has 35 heavy (non-hydrogen) atoms. The molecule has 2 heterocycles. The number of amides is 1. The lowest BCUT2D eigenvalue weighted by molar-refractivity contribution is -0.149. The third-order valence-corrected chi connectivity index (χ3v) is 6.39. The van der Waals surface area contributed by atoms with E-state index in [1.807, 2.05) is 24.3 Å². The minimum Gasteiger partial charge on any atom is -0.466 e. The molecule has 0 radical (unpaired) electrons. The Kier molecular flexibility index (Phi) is 7.29. The van der Waals surface area contributed by atoms with Crippen LogP contribution in [0, 0.1) is 5.92 Å². The van der Waals surface area contributed by atoms with Gasteiger partial charge in [0, 0.05) is 25.2 Å². The Morgan fingerprint density at radius 1 is 0.971 bits per heavy atom. The fourth-order valence-electron chi connectivity index (χ4n) is 4.53. The zero-order valence-electron chi connectivity index (χ0n) is 19.8. The van der Waals surface area contributed by atoms with Crippen LogP contribution in [0.5, 0.6) is 0 Å². The van der Waals surface area contributed by atoms with E-state index in [0.717, 1.165) is 5.56 Å². The fraction of sp³-hybridized carbons (Fsp3) is 0.333. The molecule has 1 aliphatic rings. The Labute approximate surface area is 203 Å². The van der Waals surface area contributed by atoms with Crippen LogP contribution < -0.4 is 11.1 Å². The van der Waals surface area contributed by atoms with E-state index in [2.05, 4.69) is 6.58 Å². The van der Waals surface area contributed by atoms with E-state index in [9.17, 15) is 19.2 Å². The van der Waals surface area contributed by atoms with Crippen molar-refractivity contribution in [1.82, 2.24) is 14.0 Å². The van der Waals surface area contributed by atoms with Gasteiger partial charge in [0.25, 0.3) is 5.91 Å². The minimum atomic E-state index is -0.602. The van der Waals surface area contributed by atoms with E-state index in [0.29, 0.717) is 49.1 Å². The number of allylic oxidation sites excluding steroid dienone is 1. The SMILES string of the molecule is C=CCn1c(=O)c(=O)n(Cc2ccc(C(=O)N3CCC(C(=O)OCC)CC3)cc2)c2ccccc21. The number of rotatable bonds is 7. The van der Waals surface area contributed by atoms with Crippen molar-refractivity contribution in [3.05, 3.63) is 93.0 Å². The first-order chi connectivity index (χ1) is 16.9. The lowest BCUT2D eigenvalue weighted by Gasteiger charge is -2.31. The van der Waals surface area contributed by atoms with Crippen molar-refractivity contribution in [2.75, 3.05) is 19.7 Å². The van der Waals surface area contributed by atoms with Gasteiger partial charge in [0.05, 0.1) is 30.1 Å². The molecule has 0 N–H and O–H groups in total. The molecule has 0 atom stereocenters. The third-order valence-electron chi connectivity index (χ3n) is 6.39. The number of piperidine rings is 1. The van der Waals surface area contributed by atoms with Crippen molar-refractivity contribution in [3.63, 3.8) is 0 Å². The molecule has 1 saturated heterocycles. The van der Waals surface area contributed by atoms with Gasteiger partial charge in [-0.25, -0.2) is 0 Å². The molecule has 4 rings (SSSR count). The quantitative estimate of drug-likeness (QED) is 0.298. The van der Waals surface area contributed by atoms with Crippen LogP contribution in [-0.2, 0) is 22.6 Å². The first-order valence-electron chi connectivity index (χ1n) is 11.8.